The van der Waals surface area contributed by atoms with Crippen molar-refractivity contribution in [1.82, 2.24) is 14.9 Å². The average molecular weight is 336 g/mol. The number of hydrogen-bond acceptors (Lipinski definition) is 2. The zero-order chi connectivity index (χ0) is 16.9. The first-order chi connectivity index (χ1) is 11.6. The van der Waals surface area contributed by atoms with E-state index in [1.165, 1.54) is 11.1 Å². The minimum Gasteiger partial charge on any atom is -0.356 e. The lowest BCUT2D eigenvalue weighted by atomic mass is 10.1. The molecule has 1 heterocycles. The minimum absolute atomic E-state index is 0.117. The van der Waals surface area contributed by atoms with Gasteiger partial charge < -0.3 is 15.2 Å². The molecule has 0 spiro atoms. The predicted octanol–water partition coefficient (Wildman–Crippen LogP) is 4.23. The fraction of sp³-hybridized carbons (Fsp3) is 0.158. The largest absolute Gasteiger partial charge is 0.356 e. The van der Waals surface area contributed by atoms with Crippen molar-refractivity contribution in [2.24, 2.45) is 0 Å². The lowest BCUT2D eigenvalue weighted by molar-refractivity contribution is 0.722. The van der Waals surface area contributed by atoms with E-state index in [4.69, 9.17) is 12.2 Å². The molecule has 0 unspecified atom stereocenters. The molecular weight excluding hydrogens is 316 g/mol. The van der Waals surface area contributed by atoms with Crippen molar-refractivity contribution in [2.75, 3.05) is 5.32 Å². The SMILES string of the molecule is Cc1ccccc1NC(=S)N[C@H](C)c1ccc(-n2ccnc2)cc1. The van der Waals surface area contributed by atoms with Crippen LogP contribution in [0.1, 0.15) is 24.1 Å². The summed E-state index contributed by atoms with van der Waals surface area (Å²) in [6, 6.07) is 16.6. The van der Waals surface area contributed by atoms with E-state index in [-0.39, 0.29) is 6.04 Å². The monoisotopic (exact) mass is 336 g/mol. The molecule has 3 rings (SSSR count). The summed E-state index contributed by atoms with van der Waals surface area (Å²) in [5.41, 5.74) is 4.45. The van der Waals surface area contributed by atoms with Crippen LogP contribution in [0.15, 0.2) is 67.3 Å². The molecule has 0 aliphatic carbocycles. The molecule has 4 nitrogen and oxygen atoms in total. The van der Waals surface area contributed by atoms with Crippen LogP contribution in [0, 0.1) is 6.92 Å². The molecular formula is C19H20N4S. The van der Waals surface area contributed by atoms with E-state index in [9.17, 15) is 0 Å². The molecule has 0 aliphatic rings. The second-order valence-corrected chi connectivity index (χ2v) is 6.10. The van der Waals surface area contributed by atoms with Crippen molar-refractivity contribution in [3.8, 4) is 5.69 Å². The third-order valence-corrected chi connectivity index (χ3v) is 4.16. The Morgan fingerprint density at radius 3 is 2.54 bits per heavy atom. The summed E-state index contributed by atoms with van der Waals surface area (Å²) in [4.78, 5) is 4.07. The maximum Gasteiger partial charge on any atom is 0.171 e. The average Bonchev–Trinajstić information content (AvgIpc) is 3.11. The van der Waals surface area contributed by atoms with Gasteiger partial charge in [0.05, 0.1) is 12.4 Å². The summed E-state index contributed by atoms with van der Waals surface area (Å²) < 4.78 is 1.98. The molecule has 5 heteroatoms. The van der Waals surface area contributed by atoms with Crippen LogP contribution >= 0.6 is 12.2 Å². The number of nitrogens with zero attached hydrogens (tertiary/aromatic N) is 2. The maximum absolute atomic E-state index is 5.43. The van der Waals surface area contributed by atoms with Crippen molar-refractivity contribution < 1.29 is 0 Å². The number of rotatable bonds is 4. The molecule has 0 aliphatic heterocycles. The summed E-state index contributed by atoms with van der Waals surface area (Å²) in [5, 5.41) is 7.20. The Balaban J connectivity index is 1.63. The first-order valence-electron chi connectivity index (χ1n) is 7.85. The van der Waals surface area contributed by atoms with Gasteiger partial charge >= 0.3 is 0 Å². The van der Waals surface area contributed by atoms with Gasteiger partial charge in [-0.25, -0.2) is 4.98 Å². The normalized spacial score (nSPS) is 11.8. The zero-order valence-corrected chi connectivity index (χ0v) is 14.5. The fourth-order valence-electron chi connectivity index (χ4n) is 2.50. The number of para-hydroxylation sites is 1. The van der Waals surface area contributed by atoms with E-state index >= 15 is 0 Å². The van der Waals surface area contributed by atoms with Crippen LogP contribution < -0.4 is 10.6 Å². The second-order valence-electron chi connectivity index (χ2n) is 5.70. The van der Waals surface area contributed by atoms with Gasteiger partial charge in [0.1, 0.15) is 0 Å². The van der Waals surface area contributed by atoms with Gasteiger partial charge in [-0.3, -0.25) is 0 Å². The van der Waals surface area contributed by atoms with Gasteiger partial charge in [-0.2, -0.15) is 0 Å². The molecule has 0 amide bonds. The number of aryl methyl sites for hydroxylation is 1. The lowest BCUT2D eigenvalue weighted by Gasteiger charge is -2.18. The van der Waals surface area contributed by atoms with Gasteiger partial charge in [0.2, 0.25) is 0 Å². The molecule has 3 aromatic rings. The summed E-state index contributed by atoms with van der Waals surface area (Å²) in [5.74, 6) is 0. The molecule has 0 fully saturated rings. The maximum atomic E-state index is 5.43. The van der Waals surface area contributed by atoms with Crippen LogP contribution in [-0.2, 0) is 0 Å². The summed E-state index contributed by atoms with van der Waals surface area (Å²) in [7, 11) is 0. The minimum atomic E-state index is 0.117. The number of thiocarbonyl (C=S) groups is 1. The van der Waals surface area contributed by atoms with Gasteiger partial charge in [0.25, 0.3) is 0 Å². The fourth-order valence-corrected chi connectivity index (χ4v) is 2.79. The van der Waals surface area contributed by atoms with E-state index in [0.717, 1.165) is 11.4 Å². The van der Waals surface area contributed by atoms with Crippen LogP contribution in [0.25, 0.3) is 5.69 Å². The van der Waals surface area contributed by atoms with Crippen LogP contribution in [0.5, 0.6) is 0 Å². The number of nitrogens with one attached hydrogen (secondary N) is 2. The topological polar surface area (TPSA) is 41.9 Å². The summed E-state index contributed by atoms with van der Waals surface area (Å²) in [6.07, 6.45) is 5.49. The standard InChI is InChI=1S/C19H20N4S/c1-14-5-3-4-6-18(14)22-19(24)21-15(2)16-7-9-17(10-8-16)23-12-11-20-13-23/h3-13,15H,1-2H3,(H2,21,22,24)/t15-/m1/s1. The highest BCUT2D eigenvalue weighted by molar-refractivity contribution is 7.80. The smallest absolute Gasteiger partial charge is 0.171 e. The molecule has 0 saturated carbocycles. The molecule has 0 saturated heterocycles. The van der Waals surface area contributed by atoms with Crippen LogP contribution in [0.4, 0.5) is 5.69 Å². The molecule has 1 aromatic heterocycles. The Hall–Kier alpha value is -2.66. The van der Waals surface area contributed by atoms with E-state index < -0.39 is 0 Å². The molecule has 2 aromatic carbocycles. The van der Waals surface area contributed by atoms with E-state index in [1.54, 1.807) is 12.5 Å². The van der Waals surface area contributed by atoms with E-state index in [0.29, 0.717) is 5.11 Å². The number of imidazole rings is 1. The van der Waals surface area contributed by atoms with Crippen molar-refractivity contribution in [3.05, 3.63) is 78.4 Å². The Kier molecular flexibility index (Phi) is 4.91. The van der Waals surface area contributed by atoms with Gasteiger partial charge in [0, 0.05) is 23.8 Å². The van der Waals surface area contributed by atoms with Gasteiger partial charge in [0.15, 0.2) is 5.11 Å². The zero-order valence-electron chi connectivity index (χ0n) is 13.7. The summed E-state index contributed by atoms with van der Waals surface area (Å²) in [6.45, 7) is 4.15. The Morgan fingerprint density at radius 2 is 1.88 bits per heavy atom. The Bertz CT molecular complexity index is 810. The molecule has 0 radical (unpaired) electrons. The third-order valence-electron chi connectivity index (χ3n) is 3.94. The number of anilines is 1. The number of hydrogen-bond donors (Lipinski definition) is 2. The second kappa shape index (κ2) is 7.27. The predicted molar refractivity (Wildman–Crippen MR) is 103 cm³/mol. The Labute approximate surface area is 147 Å². The highest BCUT2D eigenvalue weighted by atomic mass is 32.1. The van der Waals surface area contributed by atoms with Gasteiger partial charge in [-0.05, 0) is 55.4 Å². The number of aromatic nitrogens is 2. The van der Waals surface area contributed by atoms with E-state index in [1.807, 2.05) is 29.0 Å². The van der Waals surface area contributed by atoms with Crippen molar-refractivity contribution in [1.29, 1.82) is 0 Å². The molecule has 24 heavy (non-hydrogen) atoms. The Morgan fingerprint density at radius 1 is 1.12 bits per heavy atom. The molecule has 1 atom stereocenters. The number of benzene rings is 2. The first kappa shape index (κ1) is 16.2. The molecule has 0 bridgehead atoms. The van der Waals surface area contributed by atoms with Crippen LogP contribution in [-0.4, -0.2) is 14.7 Å². The quantitative estimate of drug-likeness (QED) is 0.700. The van der Waals surface area contributed by atoms with Crippen molar-refractivity contribution in [2.45, 2.75) is 19.9 Å². The summed E-state index contributed by atoms with van der Waals surface area (Å²) >= 11 is 5.43. The van der Waals surface area contributed by atoms with Gasteiger partial charge in [-0.1, -0.05) is 30.3 Å². The third kappa shape index (κ3) is 3.81. The highest BCUT2D eigenvalue weighted by Crippen LogP contribution is 2.17. The van der Waals surface area contributed by atoms with Crippen LogP contribution in [0.3, 0.4) is 0 Å². The van der Waals surface area contributed by atoms with Crippen molar-refractivity contribution >= 4 is 23.0 Å². The van der Waals surface area contributed by atoms with Crippen molar-refractivity contribution in [3.63, 3.8) is 0 Å². The molecule has 2 N–H and O–H groups in total. The lowest BCUT2D eigenvalue weighted by Crippen LogP contribution is -2.31. The van der Waals surface area contributed by atoms with Crippen LogP contribution in [0.2, 0.25) is 0 Å². The first-order valence-corrected chi connectivity index (χ1v) is 8.26. The van der Waals surface area contributed by atoms with Gasteiger partial charge in [-0.15, -0.1) is 0 Å². The molecule has 122 valence electrons. The highest BCUT2D eigenvalue weighted by Gasteiger charge is 2.08. The van der Waals surface area contributed by atoms with E-state index in [2.05, 4.69) is 59.8 Å².